The van der Waals surface area contributed by atoms with E-state index in [0.717, 1.165) is 33.7 Å². The second-order valence-corrected chi connectivity index (χ2v) is 12.6. The standard InChI is InChI=1S/C38H34N2O/c1-37(2,3)26-15-17-27(18-16-26)40(28-19-21-31-30-13-9-10-14-32(30)38(4,5)33(31)23-28)29-20-22-35-34(24-29)39-36(41-35)25-11-7-6-8-12-25/h6-24H,1-5H3. The molecule has 0 aliphatic heterocycles. The SMILES string of the molecule is CC(C)(C)c1ccc(N(c2ccc3c(c2)C(C)(C)c2ccccc2-3)c2ccc3oc(-c4ccccc4)nc3c2)cc1. The van der Waals surface area contributed by atoms with Gasteiger partial charge in [0.2, 0.25) is 5.89 Å². The van der Waals surface area contributed by atoms with Crippen molar-refractivity contribution in [2.24, 2.45) is 0 Å². The Morgan fingerprint density at radius 2 is 1.27 bits per heavy atom. The lowest BCUT2D eigenvalue weighted by Crippen LogP contribution is -2.17. The fourth-order valence-electron chi connectivity index (χ4n) is 6.15. The topological polar surface area (TPSA) is 29.3 Å². The zero-order chi connectivity index (χ0) is 28.4. The maximum absolute atomic E-state index is 6.15. The number of hydrogen-bond donors (Lipinski definition) is 0. The van der Waals surface area contributed by atoms with E-state index in [1.54, 1.807) is 0 Å². The third-order valence-electron chi connectivity index (χ3n) is 8.47. The van der Waals surface area contributed by atoms with Crippen LogP contribution < -0.4 is 4.90 Å². The van der Waals surface area contributed by atoms with Crippen LogP contribution in [0.25, 0.3) is 33.7 Å². The molecule has 202 valence electrons. The Bertz CT molecular complexity index is 1890. The maximum atomic E-state index is 6.15. The van der Waals surface area contributed by atoms with Gasteiger partial charge in [-0.05, 0) is 87.8 Å². The molecule has 0 saturated heterocycles. The maximum Gasteiger partial charge on any atom is 0.227 e. The van der Waals surface area contributed by atoms with Crippen LogP contribution in [-0.2, 0) is 10.8 Å². The van der Waals surface area contributed by atoms with Crippen LogP contribution in [0.2, 0.25) is 0 Å². The fourth-order valence-corrected chi connectivity index (χ4v) is 6.15. The minimum atomic E-state index is -0.0790. The van der Waals surface area contributed by atoms with Gasteiger partial charge in [0, 0.05) is 28.0 Å². The molecule has 0 N–H and O–H groups in total. The van der Waals surface area contributed by atoms with Crippen molar-refractivity contribution in [1.29, 1.82) is 0 Å². The molecule has 5 aromatic carbocycles. The fraction of sp³-hybridized carbons (Fsp3) is 0.184. The Labute approximate surface area is 242 Å². The summed E-state index contributed by atoms with van der Waals surface area (Å²) in [6.45, 7) is 11.4. The molecule has 7 rings (SSSR count). The third-order valence-corrected chi connectivity index (χ3v) is 8.47. The zero-order valence-corrected chi connectivity index (χ0v) is 24.3. The minimum Gasteiger partial charge on any atom is -0.436 e. The normalized spacial score (nSPS) is 13.7. The van der Waals surface area contributed by atoms with Crippen molar-refractivity contribution in [3.05, 3.63) is 132 Å². The van der Waals surface area contributed by atoms with Crippen LogP contribution in [0.3, 0.4) is 0 Å². The smallest absolute Gasteiger partial charge is 0.227 e. The molecule has 0 spiro atoms. The van der Waals surface area contributed by atoms with Crippen molar-refractivity contribution in [2.75, 3.05) is 4.90 Å². The first-order valence-electron chi connectivity index (χ1n) is 14.3. The van der Waals surface area contributed by atoms with Gasteiger partial charge in [0.15, 0.2) is 5.58 Å². The van der Waals surface area contributed by atoms with Crippen LogP contribution in [-0.4, -0.2) is 4.98 Å². The average molecular weight is 535 g/mol. The van der Waals surface area contributed by atoms with E-state index in [0.29, 0.717) is 5.89 Å². The van der Waals surface area contributed by atoms with Gasteiger partial charge in [0.25, 0.3) is 0 Å². The van der Waals surface area contributed by atoms with Crippen LogP contribution in [0.5, 0.6) is 0 Å². The molecule has 3 nitrogen and oxygen atoms in total. The first-order valence-corrected chi connectivity index (χ1v) is 14.3. The van der Waals surface area contributed by atoms with Crippen molar-refractivity contribution in [1.82, 2.24) is 4.98 Å². The number of benzene rings is 5. The number of anilines is 3. The van der Waals surface area contributed by atoms with Gasteiger partial charge in [-0.25, -0.2) is 4.98 Å². The summed E-state index contributed by atoms with van der Waals surface area (Å²) in [6, 6.07) is 41.0. The van der Waals surface area contributed by atoms with E-state index in [2.05, 4.69) is 118 Å². The van der Waals surface area contributed by atoms with E-state index in [1.807, 2.05) is 36.4 Å². The number of fused-ring (bicyclic) bond motifs is 4. The van der Waals surface area contributed by atoms with E-state index in [-0.39, 0.29) is 10.8 Å². The van der Waals surface area contributed by atoms with Crippen molar-refractivity contribution >= 4 is 28.2 Å². The highest BCUT2D eigenvalue weighted by Crippen LogP contribution is 2.50. The summed E-state index contributed by atoms with van der Waals surface area (Å²) in [5.41, 5.74) is 12.6. The van der Waals surface area contributed by atoms with Gasteiger partial charge >= 0.3 is 0 Å². The predicted octanol–water partition coefficient (Wildman–Crippen LogP) is 10.6. The number of aromatic nitrogens is 1. The van der Waals surface area contributed by atoms with Gasteiger partial charge in [-0.1, -0.05) is 95.3 Å². The van der Waals surface area contributed by atoms with Gasteiger partial charge in [0.05, 0.1) is 0 Å². The molecule has 41 heavy (non-hydrogen) atoms. The van der Waals surface area contributed by atoms with Gasteiger partial charge in [-0.3, -0.25) is 0 Å². The van der Waals surface area contributed by atoms with Gasteiger partial charge in [-0.15, -0.1) is 0 Å². The highest BCUT2D eigenvalue weighted by atomic mass is 16.3. The van der Waals surface area contributed by atoms with E-state index in [9.17, 15) is 0 Å². The molecule has 0 bridgehead atoms. The first-order chi connectivity index (χ1) is 19.7. The summed E-state index contributed by atoms with van der Waals surface area (Å²) in [6.07, 6.45) is 0. The highest BCUT2D eigenvalue weighted by Gasteiger charge is 2.35. The monoisotopic (exact) mass is 534 g/mol. The number of nitrogens with zero attached hydrogens (tertiary/aromatic N) is 2. The lowest BCUT2D eigenvalue weighted by molar-refractivity contribution is 0.590. The first kappa shape index (κ1) is 25.3. The van der Waals surface area contributed by atoms with Crippen LogP contribution in [0, 0.1) is 0 Å². The molecule has 0 radical (unpaired) electrons. The number of hydrogen-bond acceptors (Lipinski definition) is 3. The molecule has 1 aromatic heterocycles. The summed E-state index contributed by atoms with van der Waals surface area (Å²) in [5, 5.41) is 0. The Balaban J connectivity index is 1.38. The molecule has 1 aliphatic rings. The van der Waals surface area contributed by atoms with Crippen molar-refractivity contribution < 1.29 is 4.42 Å². The average Bonchev–Trinajstić information content (AvgIpc) is 3.50. The molecule has 1 aliphatic carbocycles. The molecular weight excluding hydrogens is 500 g/mol. The van der Waals surface area contributed by atoms with E-state index < -0.39 is 0 Å². The highest BCUT2D eigenvalue weighted by molar-refractivity contribution is 5.88. The zero-order valence-electron chi connectivity index (χ0n) is 24.3. The second kappa shape index (κ2) is 9.21. The predicted molar refractivity (Wildman–Crippen MR) is 170 cm³/mol. The quantitative estimate of drug-likeness (QED) is 0.225. The summed E-state index contributed by atoms with van der Waals surface area (Å²) < 4.78 is 6.15. The second-order valence-electron chi connectivity index (χ2n) is 12.6. The third kappa shape index (κ3) is 4.24. The molecule has 0 unspecified atom stereocenters. The molecule has 0 saturated carbocycles. The molecule has 3 heteroatoms. The number of oxazole rings is 1. The lowest BCUT2D eigenvalue weighted by Gasteiger charge is -2.29. The lowest BCUT2D eigenvalue weighted by atomic mass is 9.82. The van der Waals surface area contributed by atoms with E-state index in [4.69, 9.17) is 9.40 Å². The molecular formula is C38H34N2O. The summed E-state index contributed by atoms with van der Waals surface area (Å²) in [5.74, 6) is 0.635. The summed E-state index contributed by atoms with van der Waals surface area (Å²) >= 11 is 0. The summed E-state index contributed by atoms with van der Waals surface area (Å²) in [7, 11) is 0. The molecule has 1 heterocycles. The van der Waals surface area contributed by atoms with Crippen LogP contribution in [0.1, 0.15) is 51.3 Å². The Kier molecular flexibility index (Phi) is 5.69. The van der Waals surface area contributed by atoms with Crippen molar-refractivity contribution in [3.63, 3.8) is 0 Å². The van der Waals surface area contributed by atoms with Crippen molar-refractivity contribution in [3.8, 4) is 22.6 Å². The van der Waals surface area contributed by atoms with E-state index >= 15 is 0 Å². The Morgan fingerprint density at radius 1 is 0.634 bits per heavy atom. The largest absolute Gasteiger partial charge is 0.436 e. The van der Waals surface area contributed by atoms with Crippen LogP contribution in [0.4, 0.5) is 17.1 Å². The van der Waals surface area contributed by atoms with Gasteiger partial charge < -0.3 is 9.32 Å². The minimum absolute atomic E-state index is 0.0790. The molecule has 6 aromatic rings. The molecule has 0 fully saturated rings. The molecule has 0 atom stereocenters. The Hall–Kier alpha value is -4.63. The van der Waals surface area contributed by atoms with Crippen LogP contribution in [0.15, 0.2) is 120 Å². The Morgan fingerprint density at radius 3 is 2.02 bits per heavy atom. The van der Waals surface area contributed by atoms with Crippen LogP contribution >= 0.6 is 0 Å². The van der Waals surface area contributed by atoms with Gasteiger partial charge in [0.1, 0.15) is 5.52 Å². The summed E-state index contributed by atoms with van der Waals surface area (Å²) in [4.78, 5) is 7.21. The van der Waals surface area contributed by atoms with E-state index in [1.165, 1.54) is 27.8 Å². The van der Waals surface area contributed by atoms with Gasteiger partial charge in [-0.2, -0.15) is 0 Å². The van der Waals surface area contributed by atoms with Crippen molar-refractivity contribution in [2.45, 2.75) is 45.4 Å². The molecule has 0 amide bonds. The number of rotatable bonds is 4.